The van der Waals surface area contributed by atoms with Crippen LogP contribution in [0.1, 0.15) is 19.3 Å². The van der Waals surface area contributed by atoms with Gasteiger partial charge in [0.15, 0.2) is 0 Å². The van der Waals surface area contributed by atoms with Crippen LogP contribution in [-0.4, -0.2) is 27.5 Å². The van der Waals surface area contributed by atoms with E-state index in [0.29, 0.717) is 6.07 Å². The smallest absolute Gasteiger partial charge is 0.243 e. The molecule has 0 amide bonds. The predicted octanol–water partition coefficient (Wildman–Crippen LogP) is 1.39. The van der Waals surface area contributed by atoms with Crippen molar-refractivity contribution in [1.29, 1.82) is 0 Å². The number of piperidine rings is 1. The van der Waals surface area contributed by atoms with E-state index in [2.05, 4.69) is 10.0 Å². The Morgan fingerprint density at radius 3 is 2.79 bits per heavy atom. The zero-order valence-corrected chi connectivity index (χ0v) is 11.1. The normalized spacial score (nSPS) is 20.4. The number of nitrogens with one attached hydrogen (secondary N) is 2. The van der Waals surface area contributed by atoms with Crippen molar-refractivity contribution in [3.63, 3.8) is 0 Å². The minimum absolute atomic E-state index is 0.0418. The molecule has 0 radical (unpaired) electrons. The van der Waals surface area contributed by atoms with Gasteiger partial charge in [0.1, 0.15) is 16.5 Å². The van der Waals surface area contributed by atoms with Gasteiger partial charge in [0.25, 0.3) is 0 Å². The molecule has 1 saturated heterocycles. The monoisotopic (exact) mass is 290 g/mol. The van der Waals surface area contributed by atoms with Crippen molar-refractivity contribution in [3.05, 3.63) is 29.8 Å². The Balaban J connectivity index is 2.07. The van der Waals surface area contributed by atoms with Crippen LogP contribution in [0.25, 0.3) is 0 Å². The molecule has 106 valence electrons. The quantitative estimate of drug-likeness (QED) is 0.881. The topological polar surface area (TPSA) is 58.2 Å². The first-order valence-corrected chi connectivity index (χ1v) is 7.65. The number of benzene rings is 1. The van der Waals surface area contributed by atoms with Crippen LogP contribution in [0.5, 0.6) is 0 Å². The summed E-state index contributed by atoms with van der Waals surface area (Å²) in [5.41, 5.74) is 0. The van der Waals surface area contributed by atoms with E-state index < -0.39 is 26.6 Å². The number of hydrogen-bond donors (Lipinski definition) is 2. The highest BCUT2D eigenvalue weighted by atomic mass is 32.2. The van der Waals surface area contributed by atoms with Crippen LogP contribution < -0.4 is 10.0 Å². The second-order valence-electron chi connectivity index (χ2n) is 4.57. The first kappa shape index (κ1) is 14.4. The van der Waals surface area contributed by atoms with Crippen LogP contribution in [0.4, 0.5) is 8.78 Å². The lowest BCUT2D eigenvalue weighted by atomic mass is 10.1. The second-order valence-corrected chi connectivity index (χ2v) is 6.31. The van der Waals surface area contributed by atoms with E-state index in [4.69, 9.17) is 0 Å². The van der Waals surface area contributed by atoms with Crippen LogP contribution in [-0.2, 0) is 10.0 Å². The van der Waals surface area contributed by atoms with E-state index in [9.17, 15) is 17.2 Å². The second kappa shape index (κ2) is 5.94. The Morgan fingerprint density at radius 2 is 2.11 bits per heavy atom. The molecule has 1 aromatic carbocycles. The molecule has 0 bridgehead atoms. The summed E-state index contributed by atoms with van der Waals surface area (Å²) < 4.78 is 52.6. The Bertz CT molecular complexity index is 543. The Kier molecular flexibility index (Phi) is 4.49. The van der Waals surface area contributed by atoms with Gasteiger partial charge in [0.05, 0.1) is 0 Å². The largest absolute Gasteiger partial charge is 0.313 e. The SMILES string of the molecule is O=S(=O)(NC[C@@H]1CCCCN1)c1cc(F)ccc1F. The lowest BCUT2D eigenvalue weighted by Gasteiger charge is -2.23. The van der Waals surface area contributed by atoms with Gasteiger partial charge in [-0.05, 0) is 37.6 Å². The molecule has 0 saturated carbocycles. The molecule has 1 aromatic rings. The molecule has 0 spiro atoms. The zero-order valence-electron chi connectivity index (χ0n) is 10.3. The highest BCUT2D eigenvalue weighted by Gasteiger charge is 2.22. The number of hydrogen-bond acceptors (Lipinski definition) is 3. The van der Waals surface area contributed by atoms with Crippen LogP contribution in [0.2, 0.25) is 0 Å². The third-order valence-electron chi connectivity index (χ3n) is 3.11. The summed E-state index contributed by atoms with van der Waals surface area (Å²) in [6, 6.07) is 2.42. The molecular weight excluding hydrogens is 274 g/mol. The maximum Gasteiger partial charge on any atom is 0.243 e. The summed E-state index contributed by atoms with van der Waals surface area (Å²) in [6.07, 6.45) is 2.98. The fourth-order valence-corrected chi connectivity index (χ4v) is 3.24. The molecule has 7 heteroatoms. The number of halogens is 2. The Morgan fingerprint density at radius 1 is 1.32 bits per heavy atom. The van der Waals surface area contributed by atoms with Crippen molar-refractivity contribution in [1.82, 2.24) is 10.0 Å². The highest BCUT2D eigenvalue weighted by Crippen LogP contribution is 2.16. The maximum atomic E-state index is 13.4. The Labute approximate surface area is 111 Å². The van der Waals surface area contributed by atoms with Crippen molar-refractivity contribution in [2.24, 2.45) is 0 Å². The van der Waals surface area contributed by atoms with E-state index in [1.165, 1.54) is 0 Å². The predicted molar refractivity (Wildman–Crippen MR) is 67.2 cm³/mol. The van der Waals surface area contributed by atoms with Crippen LogP contribution in [0.3, 0.4) is 0 Å². The van der Waals surface area contributed by atoms with Crippen molar-refractivity contribution in [2.45, 2.75) is 30.2 Å². The summed E-state index contributed by atoms with van der Waals surface area (Å²) in [7, 11) is -4.02. The maximum absolute atomic E-state index is 13.4. The molecule has 4 nitrogen and oxygen atoms in total. The molecule has 0 unspecified atom stereocenters. The first-order valence-electron chi connectivity index (χ1n) is 6.17. The van der Waals surface area contributed by atoms with Crippen LogP contribution >= 0.6 is 0 Å². The van der Waals surface area contributed by atoms with Gasteiger partial charge < -0.3 is 5.32 Å². The third kappa shape index (κ3) is 3.71. The average Bonchev–Trinajstić information content (AvgIpc) is 2.40. The third-order valence-corrected chi connectivity index (χ3v) is 4.55. The van der Waals surface area contributed by atoms with E-state index in [1.54, 1.807) is 0 Å². The molecule has 19 heavy (non-hydrogen) atoms. The molecule has 1 fully saturated rings. The van der Waals surface area contributed by atoms with Gasteiger partial charge in [-0.15, -0.1) is 0 Å². The summed E-state index contributed by atoms with van der Waals surface area (Å²) >= 11 is 0. The van der Waals surface area contributed by atoms with E-state index in [0.717, 1.165) is 37.9 Å². The van der Waals surface area contributed by atoms with Crippen molar-refractivity contribution < 1.29 is 17.2 Å². The highest BCUT2D eigenvalue weighted by molar-refractivity contribution is 7.89. The zero-order chi connectivity index (χ0) is 13.9. The summed E-state index contributed by atoms with van der Waals surface area (Å²) in [6.45, 7) is 1.03. The standard InChI is InChI=1S/C12H16F2N2O2S/c13-9-4-5-11(14)12(7-9)19(17,18)16-8-10-3-1-2-6-15-10/h4-5,7,10,15-16H,1-3,6,8H2/t10-/m0/s1. The van der Waals surface area contributed by atoms with E-state index >= 15 is 0 Å². The molecule has 0 aromatic heterocycles. The fourth-order valence-electron chi connectivity index (χ4n) is 2.07. The molecule has 1 aliphatic rings. The van der Waals surface area contributed by atoms with Gasteiger partial charge in [-0.1, -0.05) is 6.42 Å². The lowest BCUT2D eigenvalue weighted by Crippen LogP contribution is -2.43. The fraction of sp³-hybridized carbons (Fsp3) is 0.500. The summed E-state index contributed by atoms with van der Waals surface area (Å²) in [5.74, 6) is -1.73. The van der Waals surface area contributed by atoms with Crippen molar-refractivity contribution >= 4 is 10.0 Å². The average molecular weight is 290 g/mol. The summed E-state index contributed by atoms with van der Waals surface area (Å²) in [5, 5.41) is 3.17. The van der Waals surface area contributed by atoms with Crippen LogP contribution in [0.15, 0.2) is 23.1 Å². The first-order chi connectivity index (χ1) is 8.99. The van der Waals surface area contributed by atoms with Crippen molar-refractivity contribution in [3.8, 4) is 0 Å². The van der Waals surface area contributed by atoms with E-state index in [-0.39, 0.29) is 12.6 Å². The van der Waals surface area contributed by atoms with Gasteiger partial charge in [0, 0.05) is 12.6 Å². The molecule has 0 aliphatic carbocycles. The van der Waals surface area contributed by atoms with Gasteiger partial charge in [-0.2, -0.15) is 0 Å². The molecule has 1 heterocycles. The number of sulfonamides is 1. The van der Waals surface area contributed by atoms with Gasteiger partial charge >= 0.3 is 0 Å². The van der Waals surface area contributed by atoms with E-state index in [1.807, 2.05) is 0 Å². The van der Waals surface area contributed by atoms with Gasteiger partial charge in [-0.3, -0.25) is 0 Å². The molecule has 1 atom stereocenters. The number of rotatable bonds is 4. The lowest BCUT2D eigenvalue weighted by molar-refractivity contribution is 0.398. The molecular formula is C12H16F2N2O2S. The van der Waals surface area contributed by atoms with Gasteiger partial charge in [0.2, 0.25) is 10.0 Å². The summed E-state index contributed by atoms with van der Waals surface area (Å²) in [4.78, 5) is -0.650. The van der Waals surface area contributed by atoms with Gasteiger partial charge in [-0.25, -0.2) is 21.9 Å². The van der Waals surface area contributed by atoms with Crippen LogP contribution in [0, 0.1) is 11.6 Å². The molecule has 1 aliphatic heterocycles. The Hall–Kier alpha value is -1.05. The minimum Gasteiger partial charge on any atom is -0.313 e. The molecule has 2 N–H and O–H groups in total. The molecule has 2 rings (SSSR count). The van der Waals surface area contributed by atoms with Crippen molar-refractivity contribution in [2.75, 3.05) is 13.1 Å². The minimum atomic E-state index is -4.02.